The van der Waals surface area contributed by atoms with E-state index in [1.54, 1.807) is 21.3 Å². The van der Waals surface area contributed by atoms with Crippen LogP contribution in [-0.4, -0.2) is 56.6 Å². The van der Waals surface area contributed by atoms with Crippen LogP contribution in [-0.2, 0) is 11.3 Å². The van der Waals surface area contributed by atoms with Crippen molar-refractivity contribution in [3.8, 4) is 11.5 Å². The Hall–Kier alpha value is -1.30. The van der Waals surface area contributed by atoms with Gasteiger partial charge in [-0.2, -0.15) is 0 Å². The summed E-state index contributed by atoms with van der Waals surface area (Å²) >= 11 is 0. The molecule has 0 saturated heterocycles. The van der Waals surface area contributed by atoms with Crippen molar-refractivity contribution in [1.82, 2.24) is 4.90 Å². The zero-order valence-electron chi connectivity index (χ0n) is 14.3. The number of aliphatic hydroxyl groups excluding tert-OH is 1. The average molecular weight is 311 g/mol. The Morgan fingerprint density at radius 2 is 1.86 bits per heavy atom. The molecule has 0 bridgehead atoms. The Kier molecular flexibility index (Phi) is 8.24. The van der Waals surface area contributed by atoms with Gasteiger partial charge in [-0.3, -0.25) is 4.90 Å². The highest BCUT2D eigenvalue weighted by Crippen LogP contribution is 2.32. The number of ether oxygens (including phenoxy) is 3. The van der Waals surface area contributed by atoms with Crippen LogP contribution in [0.5, 0.6) is 11.5 Å². The quantitative estimate of drug-likeness (QED) is 0.672. The Balaban J connectivity index is 2.92. The molecule has 0 amide bonds. The second-order valence-electron chi connectivity index (χ2n) is 5.45. The van der Waals surface area contributed by atoms with Crippen molar-refractivity contribution in [2.45, 2.75) is 39.0 Å². The van der Waals surface area contributed by atoms with E-state index in [9.17, 15) is 5.11 Å². The topological polar surface area (TPSA) is 51.2 Å². The van der Waals surface area contributed by atoms with Gasteiger partial charge in [-0.1, -0.05) is 12.1 Å². The summed E-state index contributed by atoms with van der Waals surface area (Å²) in [6.07, 6.45) is 0.513. The molecule has 0 saturated carbocycles. The summed E-state index contributed by atoms with van der Waals surface area (Å²) in [6.45, 7) is 6.09. The molecule has 1 aromatic carbocycles. The number of nitrogens with zero attached hydrogens (tertiary/aromatic N) is 1. The largest absolute Gasteiger partial charge is 0.493 e. The van der Waals surface area contributed by atoms with Crippen LogP contribution in [0.2, 0.25) is 0 Å². The first-order valence-electron chi connectivity index (χ1n) is 7.66. The minimum atomic E-state index is -0.404. The van der Waals surface area contributed by atoms with Crippen molar-refractivity contribution in [1.29, 1.82) is 0 Å². The molecular formula is C17H29NO4. The molecule has 0 aromatic heterocycles. The van der Waals surface area contributed by atoms with E-state index in [0.29, 0.717) is 13.2 Å². The van der Waals surface area contributed by atoms with E-state index in [-0.39, 0.29) is 6.04 Å². The van der Waals surface area contributed by atoms with Gasteiger partial charge in [0.1, 0.15) is 0 Å². The van der Waals surface area contributed by atoms with E-state index < -0.39 is 6.10 Å². The predicted molar refractivity (Wildman–Crippen MR) is 87.6 cm³/mol. The maximum atomic E-state index is 9.92. The molecule has 2 atom stereocenters. The summed E-state index contributed by atoms with van der Waals surface area (Å²) in [7, 11) is 4.98. The smallest absolute Gasteiger partial charge is 0.165 e. The molecule has 1 aromatic rings. The van der Waals surface area contributed by atoms with Gasteiger partial charge in [0.15, 0.2) is 11.5 Å². The first-order chi connectivity index (χ1) is 10.5. The zero-order valence-corrected chi connectivity index (χ0v) is 14.3. The van der Waals surface area contributed by atoms with Crippen LogP contribution < -0.4 is 9.47 Å². The van der Waals surface area contributed by atoms with E-state index >= 15 is 0 Å². The van der Waals surface area contributed by atoms with Crippen LogP contribution in [0.1, 0.15) is 25.8 Å². The first kappa shape index (κ1) is 18.7. The molecule has 5 heteroatoms. The van der Waals surface area contributed by atoms with E-state index in [0.717, 1.165) is 30.0 Å². The maximum Gasteiger partial charge on any atom is 0.165 e. The number of hydrogen-bond acceptors (Lipinski definition) is 5. The van der Waals surface area contributed by atoms with Gasteiger partial charge >= 0.3 is 0 Å². The summed E-state index contributed by atoms with van der Waals surface area (Å²) in [6, 6.07) is 5.92. The van der Waals surface area contributed by atoms with Gasteiger partial charge in [-0.05, 0) is 26.3 Å². The van der Waals surface area contributed by atoms with Gasteiger partial charge in [-0.15, -0.1) is 0 Å². The number of benzene rings is 1. The fourth-order valence-electron chi connectivity index (χ4n) is 2.44. The van der Waals surface area contributed by atoms with Gasteiger partial charge in [0, 0.05) is 38.4 Å². The number of methoxy groups -OCH3 is 3. The molecule has 1 rings (SSSR count). The summed E-state index contributed by atoms with van der Waals surface area (Å²) in [5, 5.41) is 9.92. The Labute approximate surface area is 133 Å². The van der Waals surface area contributed by atoms with Gasteiger partial charge in [0.2, 0.25) is 0 Å². The van der Waals surface area contributed by atoms with Crippen molar-refractivity contribution in [2.75, 3.05) is 34.5 Å². The third kappa shape index (κ3) is 5.16. The third-order valence-electron chi connectivity index (χ3n) is 3.93. The van der Waals surface area contributed by atoms with Crippen molar-refractivity contribution in [3.05, 3.63) is 23.8 Å². The summed E-state index contributed by atoms with van der Waals surface area (Å²) in [4.78, 5) is 2.24. The van der Waals surface area contributed by atoms with E-state index in [1.165, 1.54) is 0 Å². The molecule has 1 N–H and O–H groups in total. The second kappa shape index (κ2) is 9.66. The van der Waals surface area contributed by atoms with Crippen molar-refractivity contribution in [2.24, 2.45) is 0 Å². The highest BCUT2D eigenvalue weighted by molar-refractivity contribution is 5.46. The normalized spacial score (nSPS) is 14.0. The lowest BCUT2D eigenvalue weighted by Gasteiger charge is -2.31. The molecule has 2 unspecified atom stereocenters. The molecule has 0 fully saturated rings. The van der Waals surface area contributed by atoms with Crippen LogP contribution >= 0.6 is 0 Å². The number of para-hydroxylation sites is 1. The fourth-order valence-corrected chi connectivity index (χ4v) is 2.44. The van der Waals surface area contributed by atoms with Gasteiger partial charge < -0.3 is 19.3 Å². The predicted octanol–water partition coefficient (Wildman–Crippen LogP) is 2.31. The molecule has 5 nitrogen and oxygen atoms in total. The van der Waals surface area contributed by atoms with Gasteiger partial charge in [-0.25, -0.2) is 0 Å². The van der Waals surface area contributed by atoms with Crippen molar-refractivity contribution < 1.29 is 19.3 Å². The Morgan fingerprint density at radius 1 is 1.14 bits per heavy atom. The van der Waals surface area contributed by atoms with Crippen LogP contribution in [0.4, 0.5) is 0 Å². The maximum absolute atomic E-state index is 9.92. The molecule has 22 heavy (non-hydrogen) atoms. The minimum absolute atomic E-state index is 0.0489. The van der Waals surface area contributed by atoms with Crippen LogP contribution in [0.15, 0.2) is 18.2 Å². The van der Waals surface area contributed by atoms with Crippen LogP contribution in [0.3, 0.4) is 0 Å². The molecule has 0 aliphatic rings. The molecule has 0 aliphatic heterocycles. The van der Waals surface area contributed by atoms with Gasteiger partial charge in [0.05, 0.1) is 20.3 Å². The monoisotopic (exact) mass is 311 g/mol. The molecule has 0 radical (unpaired) electrons. The van der Waals surface area contributed by atoms with E-state index in [4.69, 9.17) is 14.2 Å². The van der Waals surface area contributed by atoms with E-state index in [1.807, 2.05) is 32.0 Å². The lowest BCUT2D eigenvalue weighted by molar-refractivity contribution is 0.0587. The minimum Gasteiger partial charge on any atom is -0.493 e. The standard InChI is InChI=1S/C17H29NO4/c1-13(14(2)19)18(10-7-11-20-3)12-15-8-6-9-16(21-4)17(15)22-5/h6,8-9,13-14,19H,7,10-12H2,1-5H3. The van der Waals surface area contributed by atoms with Crippen molar-refractivity contribution >= 4 is 0 Å². The first-order valence-corrected chi connectivity index (χ1v) is 7.66. The highest BCUT2D eigenvalue weighted by Gasteiger charge is 2.20. The lowest BCUT2D eigenvalue weighted by Crippen LogP contribution is -2.40. The van der Waals surface area contributed by atoms with Crippen molar-refractivity contribution in [3.63, 3.8) is 0 Å². The average Bonchev–Trinajstić information content (AvgIpc) is 2.52. The van der Waals surface area contributed by atoms with Crippen LogP contribution in [0.25, 0.3) is 0 Å². The fraction of sp³-hybridized carbons (Fsp3) is 0.647. The summed E-state index contributed by atoms with van der Waals surface area (Å²) in [5.74, 6) is 1.47. The molecular weight excluding hydrogens is 282 g/mol. The highest BCUT2D eigenvalue weighted by atomic mass is 16.5. The third-order valence-corrected chi connectivity index (χ3v) is 3.93. The molecule has 0 aliphatic carbocycles. The molecule has 126 valence electrons. The molecule has 0 spiro atoms. The molecule has 0 heterocycles. The van der Waals surface area contributed by atoms with Gasteiger partial charge in [0.25, 0.3) is 0 Å². The number of rotatable bonds is 10. The van der Waals surface area contributed by atoms with E-state index in [2.05, 4.69) is 4.90 Å². The SMILES string of the molecule is COCCCN(Cc1cccc(OC)c1OC)C(C)C(C)O. The number of hydrogen-bond donors (Lipinski definition) is 1. The second-order valence-corrected chi connectivity index (χ2v) is 5.45. The van der Waals surface area contributed by atoms with Crippen LogP contribution in [0, 0.1) is 0 Å². The summed E-state index contributed by atoms with van der Waals surface area (Å²) < 4.78 is 16.0. The Bertz CT molecular complexity index is 437. The number of aliphatic hydroxyl groups is 1. The lowest BCUT2D eigenvalue weighted by atomic mass is 10.1. The summed E-state index contributed by atoms with van der Waals surface area (Å²) in [5.41, 5.74) is 1.05. The Morgan fingerprint density at radius 3 is 2.41 bits per heavy atom. The zero-order chi connectivity index (χ0) is 16.5.